The molecule has 0 radical (unpaired) electrons. The van der Waals surface area contributed by atoms with Crippen molar-refractivity contribution in [1.29, 1.82) is 0 Å². The summed E-state index contributed by atoms with van der Waals surface area (Å²) in [6.07, 6.45) is 3.69. The Bertz CT molecular complexity index is 989. The predicted octanol–water partition coefficient (Wildman–Crippen LogP) is 3.37. The zero-order valence-electron chi connectivity index (χ0n) is 18.7. The van der Waals surface area contributed by atoms with Gasteiger partial charge in [0.05, 0.1) is 24.9 Å². The molecule has 176 valence electrons. The second-order valence-corrected chi connectivity index (χ2v) is 7.64. The highest BCUT2D eigenvalue weighted by atomic mass is 127. The minimum atomic E-state index is -0.224. The number of morpholine rings is 1. The molecule has 2 heterocycles. The molecule has 0 saturated carbocycles. The molecule has 1 saturated heterocycles. The monoisotopic (exact) mass is 564 g/mol. The first kappa shape index (κ1) is 25.1. The van der Waals surface area contributed by atoms with Crippen LogP contribution in [0.5, 0.6) is 0 Å². The van der Waals surface area contributed by atoms with Gasteiger partial charge in [0.25, 0.3) is 0 Å². The van der Waals surface area contributed by atoms with E-state index in [1.54, 1.807) is 13.2 Å². The third-order valence-electron chi connectivity index (χ3n) is 5.59. The van der Waals surface area contributed by atoms with Crippen LogP contribution in [0.1, 0.15) is 17.2 Å². The molecule has 7 nitrogen and oxygen atoms in total. The van der Waals surface area contributed by atoms with E-state index in [-0.39, 0.29) is 35.8 Å². The number of nitrogens with zero attached hydrogens (tertiary/aromatic N) is 4. The van der Waals surface area contributed by atoms with E-state index in [4.69, 9.17) is 4.74 Å². The van der Waals surface area contributed by atoms with Crippen LogP contribution in [-0.4, -0.2) is 60.5 Å². The van der Waals surface area contributed by atoms with Gasteiger partial charge in [0, 0.05) is 45.6 Å². The van der Waals surface area contributed by atoms with E-state index in [0.29, 0.717) is 26.3 Å². The Morgan fingerprint density at radius 2 is 1.82 bits per heavy atom. The summed E-state index contributed by atoms with van der Waals surface area (Å²) in [4.78, 5) is 6.73. The van der Waals surface area contributed by atoms with Crippen molar-refractivity contribution in [3.63, 3.8) is 0 Å². The molecule has 0 spiro atoms. The quantitative estimate of drug-likeness (QED) is 0.262. The summed E-state index contributed by atoms with van der Waals surface area (Å²) in [5.41, 5.74) is 3.24. The second-order valence-electron chi connectivity index (χ2n) is 7.64. The maximum Gasteiger partial charge on any atom is 0.191 e. The molecule has 1 aliphatic rings. The Labute approximate surface area is 211 Å². The van der Waals surface area contributed by atoms with E-state index in [0.717, 1.165) is 35.9 Å². The summed E-state index contributed by atoms with van der Waals surface area (Å²) in [5.74, 6) is 0.500. The molecule has 1 aliphatic heterocycles. The Morgan fingerprint density at radius 1 is 1.09 bits per heavy atom. The Kier molecular flexibility index (Phi) is 9.64. The van der Waals surface area contributed by atoms with Crippen molar-refractivity contribution in [2.45, 2.75) is 12.6 Å². The van der Waals surface area contributed by atoms with Gasteiger partial charge in [0.1, 0.15) is 5.82 Å². The van der Waals surface area contributed by atoms with Crippen molar-refractivity contribution in [3.8, 4) is 5.69 Å². The molecule has 4 rings (SSSR count). The zero-order chi connectivity index (χ0) is 22.2. The van der Waals surface area contributed by atoms with Crippen LogP contribution in [0, 0.1) is 5.82 Å². The van der Waals surface area contributed by atoms with Crippen LogP contribution in [0.2, 0.25) is 0 Å². The molecule has 33 heavy (non-hydrogen) atoms. The first-order chi connectivity index (χ1) is 15.7. The number of nitrogens with one attached hydrogen (secondary N) is 2. The summed E-state index contributed by atoms with van der Waals surface area (Å²) >= 11 is 0. The van der Waals surface area contributed by atoms with E-state index < -0.39 is 0 Å². The normalized spacial score (nSPS) is 15.5. The van der Waals surface area contributed by atoms with Gasteiger partial charge in [0.2, 0.25) is 0 Å². The summed E-state index contributed by atoms with van der Waals surface area (Å²) in [6.45, 7) is 4.41. The lowest BCUT2D eigenvalue weighted by atomic mass is 10.0. The highest BCUT2D eigenvalue weighted by molar-refractivity contribution is 14.0. The molecule has 0 amide bonds. The van der Waals surface area contributed by atoms with Crippen LogP contribution < -0.4 is 10.6 Å². The third-order valence-corrected chi connectivity index (χ3v) is 5.59. The average Bonchev–Trinajstić information content (AvgIpc) is 3.38. The van der Waals surface area contributed by atoms with Crippen LogP contribution in [0.4, 0.5) is 4.39 Å². The number of hydrogen-bond donors (Lipinski definition) is 2. The summed E-state index contributed by atoms with van der Waals surface area (Å²) in [7, 11) is 1.76. The SMILES string of the molecule is CN=C(NCc1ccc(-n2cccn2)cc1)NCC(c1ccc(F)cc1)N1CCOCC1.I. The molecule has 3 aromatic rings. The third kappa shape index (κ3) is 6.99. The molecule has 1 unspecified atom stereocenters. The summed E-state index contributed by atoms with van der Waals surface area (Å²) in [5, 5.41) is 11.1. The Hall–Kier alpha value is -2.50. The van der Waals surface area contributed by atoms with Crippen LogP contribution in [0.15, 0.2) is 72.0 Å². The second kappa shape index (κ2) is 12.7. The number of rotatable bonds is 7. The fourth-order valence-electron chi connectivity index (χ4n) is 3.82. The number of guanidine groups is 1. The number of benzene rings is 2. The standard InChI is InChI=1S/C24H29FN6O.HI/c1-26-24(27-17-19-3-9-22(10-4-19)31-12-2-11-29-31)28-18-23(30-13-15-32-16-14-30)20-5-7-21(25)8-6-20;/h2-12,23H,13-18H2,1H3,(H2,26,27,28);1H. The van der Waals surface area contributed by atoms with Gasteiger partial charge in [-0.15, -0.1) is 24.0 Å². The smallest absolute Gasteiger partial charge is 0.191 e. The maximum absolute atomic E-state index is 13.4. The minimum absolute atomic E-state index is 0. The predicted molar refractivity (Wildman–Crippen MR) is 139 cm³/mol. The van der Waals surface area contributed by atoms with Crippen molar-refractivity contribution in [3.05, 3.63) is 83.9 Å². The Balaban J connectivity index is 0.00000306. The van der Waals surface area contributed by atoms with Crippen molar-refractivity contribution < 1.29 is 9.13 Å². The zero-order valence-corrected chi connectivity index (χ0v) is 21.0. The van der Waals surface area contributed by atoms with Crippen LogP contribution in [-0.2, 0) is 11.3 Å². The number of hydrogen-bond acceptors (Lipinski definition) is 4. The molecule has 2 N–H and O–H groups in total. The number of ether oxygens (including phenoxy) is 1. The number of halogens is 2. The summed E-state index contributed by atoms with van der Waals surface area (Å²) < 4.78 is 20.8. The average molecular weight is 564 g/mol. The van der Waals surface area contributed by atoms with Gasteiger partial charge < -0.3 is 15.4 Å². The van der Waals surface area contributed by atoms with E-state index in [1.165, 1.54) is 12.1 Å². The van der Waals surface area contributed by atoms with E-state index >= 15 is 0 Å². The van der Waals surface area contributed by atoms with E-state index in [1.807, 2.05) is 41.2 Å². The molecule has 0 aliphatic carbocycles. The largest absolute Gasteiger partial charge is 0.379 e. The van der Waals surface area contributed by atoms with Crippen molar-refractivity contribution in [2.24, 2.45) is 4.99 Å². The molecule has 1 fully saturated rings. The molecule has 1 atom stereocenters. The molecular formula is C24H30FIN6O. The number of aromatic nitrogens is 2. The van der Waals surface area contributed by atoms with Crippen molar-refractivity contribution >= 4 is 29.9 Å². The van der Waals surface area contributed by atoms with Crippen molar-refractivity contribution in [1.82, 2.24) is 25.3 Å². The van der Waals surface area contributed by atoms with Gasteiger partial charge in [-0.05, 0) is 41.5 Å². The minimum Gasteiger partial charge on any atom is -0.379 e. The van der Waals surface area contributed by atoms with Crippen molar-refractivity contribution in [2.75, 3.05) is 39.9 Å². The highest BCUT2D eigenvalue weighted by Gasteiger charge is 2.23. The van der Waals surface area contributed by atoms with Gasteiger partial charge in [-0.1, -0.05) is 24.3 Å². The van der Waals surface area contributed by atoms with Crippen LogP contribution >= 0.6 is 24.0 Å². The lowest BCUT2D eigenvalue weighted by Crippen LogP contribution is -2.46. The molecule has 1 aromatic heterocycles. The van der Waals surface area contributed by atoms with Gasteiger partial charge >= 0.3 is 0 Å². The molecule has 2 aromatic carbocycles. The molecule has 9 heteroatoms. The van der Waals surface area contributed by atoms with Crippen LogP contribution in [0.3, 0.4) is 0 Å². The van der Waals surface area contributed by atoms with E-state index in [2.05, 4.69) is 37.8 Å². The van der Waals surface area contributed by atoms with Gasteiger partial charge in [-0.3, -0.25) is 9.89 Å². The van der Waals surface area contributed by atoms with Gasteiger partial charge in [-0.25, -0.2) is 9.07 Å². The number of aliphatic imine (C=N–C) groups is 1. The van der Waals surface area contributed by atoms with Gasteiger partial charge in [-0.2, -0.15) is 5.10 Å². The summed E-state index contributed by atoms with van der Waals surface area (Å²) in [6, 6.07) is 17.0. The fourth-order valence-corrected chi connectivity index (χ4v) is 3.82. The molecule has 0 bridgehead atoms. The lowest BCUT2D eigenvalue weighted by molar-refractivity contribution is 0.0170. The lowest BCUT2D eigenvalue weighted by Gasteiger charge is -2.35. The van der Waals surface area contributed by atoms with Gasteiger partial charge in [0.15, 0.2) is 5.96 Å². The molecular weight excluding hydrogens is 534 g/mol. The maximum atomic E-state index is 13.4. The topological polar surface area (TPSA) is 66.7 Å². The highest BCUT2D eigenvalue weighted by Crippen LogP contribution is 2.21. The first-order valence-electron chi connectivity index (χ1n) is 10.8. The fraction of sp³-hybridized carbons (Fsp3) is 0.333. The Morgan fingerprint density at radius 3 is 2.45 bits per heavy atom. The first-order valence-corrected chi connectivity index (χ1v) is 10.8. The van der Waals surface area contributed by atoms with Crippen LogP contribution in [0.25, 0.3) is 5.69 Å². The van der Waals surface area contributed by atoms with E-state index in [9.17, 15) is 4.39 Å².